The van der Waals surface area contributed by atoms with Gasteiger partial charge in [0.25, 0.3) is 0 Å². The van der Waals surface area contributed by atoms with E-state index in [1.54, 1.807) is 18.2 Å². The first-order valence-corrected chi connectivity index (χ1v) is 4.48. The molecule has 1 aromatic rings. The number of rotatable bonds is 5. The van der Waals surface area contributed by atoms with Gasteiger partial charge in [-0.2, -0.15) is 0 Å². The number of primary amides is 1. The summed E-state index contributed by atoms with van der Waals surface area (Å²) in [5.74, 6) is -0.434. The minimum atomic E-state index is -0.434. The number of aliphatic hydroxyl groups is 1. The molecule has 0 aliphatic heterocycles. The number of nitrogens with two attached hydrogens (primary N) is 1. The van der Waals surface area contributed by atoms with E-state index in [1.165, 1.54) is 0 Å². The van der Waals surface area contributed by atoms with Crippen LogP contribution in [0.5, 0.6) is 0 Å². The molecule has 14 heavy (non-hydrogen) atoms. The monoisotopic (exact) mass is 194 g/mol. The highest BCUT2D eigenvalue weighted by molar-refractivity contribution is 5.93. The first-order valence-electron chi connectivity index (χ1n) is 4.48. The van der Waals surface area contributed by atoms with Crippen LogP contribution >= 0.6 is 0 Å². The van der Waals surface area contributed by atoms with Gasteiger partial charge in [0.1, 0.15) is 0 Å². The lowest BCUT2D eigenvalue weighted by atomic mass is 10.2. The fraction of sp³-hybridized carbons (Fsp3) is 0.300. The molecule has 0 spiro atoms. The van der Waals surface area contributed by atoms with Crippen molar-refractivity contribution in [3.63, 3.8) is 0 Å². The maximum absolute atomic E-state index is 10.8. The van der Waals surface area contributed by atoms with Crippen molar-refractivity contribution in [2.24, 2.45) is 5.73 Å². The van der Waals surface area contributed by atoms with Gasteiger partial charge in [0.05, 0.1) is 0 Å². The Morgan fingerprint density at radius 1 is 1.50 bits per heavy atom. The molecule has 0 radical (unpaired) electrons. The fourth-order valence-corrected chi connectivity index (χ4v) is 1.09. The van der Waals surface area contributed by atoms with Gasteiger partial charge in [0.2, 0.25) is 5.91 Å². The summed E-state index contributed by atoms with van der Waals surface area (Å²) < 4.78 is 0. The standard InChI is InChI=1S/C10H14N2O2/c11-10(14)8-3-1-4-9(7-8)12-5-2-6-13/h1,3-4,7,12-13H,2,5-6H2,(H2,11,14). The number of hydrogen-bond donors (Lipinski definition) is 3. The smallest absolute Gasteiger partial charge is 0.248 e. The molecule has 0 aliphatic carbocycles. The Bertz CT molecular complexity index is 313. The van der Waals surface area contributed by atoms with Crippen LogP contribution in [0.3, 0.4) is 0 Å². The number of carbonyl (C=O) groups excluding carboxylic acids is 1. The highest BCUT2D eigenvalue weighted by Gasteiger charge is 1.99. The Labute approximate surface area is 82.7 Å². The number of carbonyl (C=O) groups is 1. The van der Waals surface area contributed by atoms with Crippen molar-refractivity contribution in [1.29, 1.82) is 0 Å². The third kappa shape index (κ3) is 3.06. The van der Waals surface area contributed by atoms with E-state index < -0.39 is 5.91 Å². The second kappa shape index (κ2) is 5.24. The predicted molar refractivity (Wildman–Crippen MR) is 55.2 cm³/mol. The molecule has 4 N–H and O–H groups in total. The molecular formula is C10H14N2O2. The highest BCUT2D eigenvalue weighted by atomic mass is 16.3. The molecule has 1 rings (SSSR count). The number of nitrogens with one attached hydrogen (secondary N) is 1. The van der Waals surface area contributed by atoms with Crippen LogP contribution in [-0.2, 0) is 0 Å². The van der Waals surface area contributed by atoms with E-state index in [2.05, 4.69) is 5.32 Å². The summed E-state index contributed by atoms with van der Waals surface area (Å²) in [6, 6.07) is 6.98. The lowest BCUT2D eigenvalue weighted by molar-refractivity contribution is 0.100. The van der Waals surface area contributed by atoms with Crippen LogP contribution in [0.2, 0.25) is 0 Å². The van der Waals surface area contributed by atoms with Crippen LogP contribution in [0.1, 0.15) is 16.8 Å². The van der Waals surface area contributed by atoms with E-state index >= 15 is 0 Å². The zero-order chi connectivity index (χ0) is 10.4. The van der Waals surface area contributed by atoms with Gasteiger partial charge in [-0.05, 0) is 24.6 Å². The van der Waals surface area contributed by atoms with Gasteiger partial charge in [-0.3, -0.25) is 4.79 Å². The quantitative estimate of drug-likeness (QED) is 0.600. The summed E-state index contributed by atoms with van der Waals surface area (Å²) >= 11 is 0. The molecule has 0 fully saturated rings. The van der Waals surface area contributed by atoms with Crippen molar-refractivity contribution in [3.05, 3.63) is 29.8 Å². The molecule has 1 amide bonds. The SMILES string of the molecule is NC(=O)c1cccc(NCCCO)c1. The summed E-state index contributed by atoms with van der Waals surface area (Å²) in [5, 5.41) is 11.6. The van der Waals surface area contributed by atoms with Crippen molar-refractivity contribution >= 4 is 11.6 Å². The first kappa shape index (κ1) is 10.5. The van der Waals surface area contributed by atoms with Gasteiger partial charge in [-0.1, -0.05) is 6.07 Å². The molecular weight excluding hydrogens is 180 g/mol. The van der Waals surface area contributed by atoms with Gasteiger partial charge >= 0.3 is 0 Å². The molecule has 0 aliphatic rings. The van der Waals surface area contributed by atoms with Gasteiger partial charge in [-0.25, -0.2) is 0 Å². The Morgan fingerprint density at radius 3 is 2.93 bits per heavy atom. The minimum absolute atomic E-state index is 0.155. The third-order valence-corrected chi connectivity index (χ3v) is 1.81. The molecule has 1 aromatic carbocycles. The largest absolute Gasteiger partial charge is 0.396 e. The molecule has 76 valence electrons. The topological polar surface area (TPSA) is 75.4 Å². The van der Waals surface area contributed by atoms with Gasteiger partial charge in [0.15, 0.2) is 0 Å². The molecule has 0 saturated heterocycles. The molecule has 0 saturated carbocycles. The second-order valence-corrected chi connectivity index (χ2v) is 2.95. The van der Waals surface area contributed by atoms with Crippen LogP contribution in [-0.4, -0.2) is 24.2 Å². The zero-order valence-electron chi connectivity index (χ0n) is 7.86. The summed E-state index contributed by atoms with van der Waals surface area (Å²) in [6.07, 6.45) is 0.681. The first-order chi connectivity index (χ1) is 6.74. The molecule has 4 heteroatoms. The fourth-order valence-electron chi connectivity index (χ4n) is 1.09. The second-order valence-electron chi connectivity index (χ2n) is 2.95. The number of amides is 1. The summed E-state index contributed by atoms with van der Waals surface area (Å²) in [6.45, 7) is 0.835. The van der Waals surface area contributed by atoms with Crippen LogP contribution < -0.4 is 11.1 Å². The molecule has 4 nitrogen and oxygen atoms in total. The van der Waals surface area contributed by atoms with Gasteiger partial charge in [-0.15, -0.1) is 0 Å². The maximum atomic E-state index is 10.8. The molecule has 0 atom stereocenters. The number of aliphatic hydroxyl groups excluding tert-OH is 1. The Kier molecular flexibility index (Phi) is 3.94. The maximum Gasteiger partial charge on any atom is 0.248 e. The molecule has 0 bridgehead atoms. The summed E-state index contributed by atoms with van der Waals surface area (Å²) in [7, 11) is 0. The Balaban J connectivity index is 2.59. The molecule has 0 heterocycles. The van der Waals surface area contributed by atoms with Crippen molar-refractivity contribution in [2.45, 2.75) is 6.42 Å². The van der Waals surface area contributed by atoms with E-state index in [9.17, 15) is 4.79 Å². The Morgan fingerprint density at radius 2 is 2.29 bits per heavy atom. The molecule has 0 aromatic heterocycles. The normalized spacial score (nSPS) is 9.79. The van der Waals surface area contributed by atoms with E-state index in [0.717, 1.165) is 5.69 Å². The van der Waals surface area contributed by atoms with Crippen molar-refractivity contribution in [1.82, 2.24) is 0 Å². The van der Waals surface area contributed by atoms with Gasteiger partial charge in [0, 0.05) is 24.4 Å². The van der Waals surface area contributed by atoms with E-state index in [-0.39, 0.29) is 6.61 Å². The summed E-state index contributed by atoms with van der Waals surface area (Å²) in [4.78, 5) is 10.8. The lowest BCUT2D eigenvalue weighted by Crippen LogP contribution is -2.11. The summed E-state index contributed by atoms with van der Waals surface area (Å²) in [5.41, 5.74) is 6.46. The average molecular weight is 194 g/mol. The van der Waals surface area contributed by atoms with Crippen LogP contribution in [0.15, 0.2) is 24.3 Å². The predicted octanol–water partition coefficient (Wildman–Crippen LogP) is 0.580. The molecule has 0 unspecified atom stereocenters. The van der Waals surface area contributed by atoms with Gasteiger partial charge < -0.3 is 16.2 Å². The van der Waals surface area contributed by atoms with E-state index in [0.29, 0.717) is 18.5 Å². The number of benzene rings is 1. The number of hydrogen-bond acceptors (Lipinski definition) is 3. The van der Waals surface area contributed by atoms with Crippen LogP contribution in [0, 0.1) is 0 Å². The average Bonchev–Trinajstić information content (AvgIpc) is 2.19. The van der Waals surface area contributed by atoms with Crippen molar-refractivity contribution in [2.75, 3.05) is 18.5 Å². The van der Waals surface area contributed by atoms with Crippen LogP contribution in [0.4, 0.5) is 5.69 Å². The zero-order valence-corrected chi connectivity index (χ0v) is 7.86. The van der Waals surface area contributed by atoms with Crippen molar-refractivity contribution in [3.8, 4) is 0 Å². The number of anilines is 1. The lowest BCUT2D eigenvalue weighted by Gasteiger charge is -2.05. The van der Waals surface area contributed by atoms with Crippen LogP contribution in [0.25, 0.3) is 0 Å². The third-order valence-electron chi connectivity index (χ3n) is 1.81. The highest BCUT2D eigenvalue weighted by Crippen LogP contribution is 2.09. The van der Waals surface area contributed by atoms with E-state index in [1.807, 2.05) is 6.07 Å². The van der Waals surface area contributed by atoms with Crippen molar-refractivity contribution < 1.29 is 9.90 Å². The minimum Gasteiger partial charge on any atom is -0.396 e. The Hall–Kier alpha value is -1.55. The van der Waals surface area contributed by atoms with E-state index in [4.69, 9.17) is 10.8 Å².